The smallest absolute Gasteiger partial charge is 0.313 e. The number of hydrogen-bond donors (Lipinski definition) is 3. The number of ether oxygens (including phenoxy) is 1. The molecule has 7 heteroatoms. The van der Waals surface area contributed by atoms with Gasteiger partial charge in [-0.25, -0.2) is 0 Å². The second kappa shape index (κ2) is 8.35. The highest BCUT2D eigenvalue weighted by Gasteiger charge is 2.25. The van der Waals surface area contributed by atoms with Gasteiger partial charge in [-0.05, 0) is 31.0 Å². The summed E-state index contributed by atoms with van der Waals surface area (Å²) in [6.07, 6.45) is 1.93. The molecule has 7 nitrogen and oxygen atoms in total. The molecule has 0 unspecified atom stereocenters. The minimum Gasteiger partial charge on any atom is -0.496 e. The van der Waals surface area contributed by atoms with Crippen molar-refractivity contribution in [1.82, 2.24) is 10.6 Å². The Balaban J connectivity index is 1.61. The Bertz CT molecular complexity index is 862. The normalized spacial score (nSPS) is 12.8. The Morgan fingerprint density at radius 3 is 2.44 bits per heavy atom. The van der Waals surface area contributed by atoms with Crippen molar-refractivity contribution in [2.24, 2.45) is 0 Å². The number of methoxy groups -OCH3 is 1. The van der Waals surface area contributed by atoms with Gasteiger partial charge >= 0.3 is 11.8 Å². The van der Waals surface area contributed by atoms with E-state index in [0.29, 0.717) is 17.0 Å². The van der Waals surface area contributed by atoms with Crippen LogP contribution in [0.1, 0.15) is 28.8 Å². The van der Waals surface area contributed by atoms with E-state index in [1.165, 1.54) is 7.11 Å². The average molecular weight is 367 g/mol. The van der Waals surface area contributed by atoms with Crippen LogP contribution in [0, 0.1) is 0 Å². The number of hydrogen-bond acceptors (Lipinski definition) is 4. The average Bonchev–Trinajstić information content (AvgIpc) is 3.50. The van der Waals surface area contributed by atoms with Crippen molar-refractivity contribution in [3.05, 3.63) is 59.7 Å². The molecule has 3 rings (SSSR count). The van der Waals surface area contributed by atoms with Crippen LogP contribution in [0.5, 0.6) is 5.75 Å². The van der Waals surface area contributed by atoms with E-state index in [-0.39, 0.29) is 18.5 Å². The third-order valence-corrected chi connectivity index (χ3v) is 4.17. The van der Waals surface area contributed by atoms with Crippen LogP contribution in [0.4, 0.5) is 5.69 Å². The van der Waals surface area contributed by atoms with Crippen molar-refractivity contribution >= 4 is 23.4 Å². The lowest BCUT2D eigenvalue weighted by Crippen LogP contribution is -2.35. The van der Waals surface area contributed by atoms with Gasteiger partial charge in [-0.15, -0.1) is 0 Å². The van der Waals surface area contributed by atoms with Gasteiger partial charge < -0.3 is 20.7 Å². The number of nitrogens with one attached hydrogen (secondary N) is 3. The third-order valence-electron chi connectivity index (χ3n) is 4.17. The number of carbonyl (C=O) groups is 3. The minimum absolute atomic E-state index is 0.153. The first-order valence-electron chi connectivity index (χ1n) is 8.69. The molecule has 140 valence electrons. The summed E-state index contributed by atoms with van der Waals surface area (Å²) in [5.41, 5.74) is 1.38. The fourth-order valence-corrected chi connectivity index (χ4v) is 2.56. The van der Waals surface area contributed by atoms with Crippen molar-refractivity contribution in [3.8, 4) is 5.75 Å². The predicted molar refractivity (Wildman–Crippen MR) is 100 cm³/mol. The van der Waals surface area contributed by atoms with Crippen LogP contribution in [0.15, 0.2) is 48.5 Å². The largest absolute Gasteiger partial charge is 0.496 e. The van der Waals surface area contributed by atoms with Crippen LogP contribution in [0.2, 0.25) is 0 Å². The molecule has 0 heterocycles. The van der Waals surface area contributed by atoms with Gasteiger partial charge in [-0.2, -0.15) is 0 Å². The first kappa shape index (κ1) is 18.4. The van der Waals surface area contributed by atoms with Gasteiger partial charge in [0.25, 0.3) is 5.91 Å². The minimum atomic E-state index is -0.837. The highest BCUT2D eigenvalue weighted by Crippen LogP contribution is 2.21. The maximum Gasteiger partial charge on any atom is 0.313 e. The molecule has 0 aliphatic heterocycles. The molecular formula is C20H21N3O4. The van der Waals surface area contributed by atoms with Gasteiger partial charge in [-0.3, -0.25) is 14.4 Å². The van der Waals surface area contributed by atoms with Crippen molar-refractivity contribution in [3.63, 3.8) is 0 Å². The molecule has 0 atom stereocenters. The topological polar surface area (TPSA) is 96.5 Å². The van der Waals surface area contributed by atoms with E-state index in [0.717, 1.165) is 18.4 Å². The predicted octanol–water partition coefficient (Wildman–Crippen LogP) is 1.84. The summed E-state index contributed by atoms with van der Waals surface area (Å²) in [6, 6.07) is 14.0. The zero-order valence-electron chi connectivity index (χ0n) is 15.0. The quantitative estimate of drug-likeness (QED) is 0.679. The van der Waals surface area contributed by atoms with Crippen molar-refractivity contribution in [1.29, 1.82) is 0 Å². The molecular weight excluding hydrogens is 346 g/mol. The van der Waals surface area contributed by atoms with E-state index in [4.69, 9.17) is 4.74 Å². The number of amides is 3. The number of benzene rings is 2. The maximum atomic E-state index is 12.3. The van der Waals surface area contributed by atoms with E-state index < -0.39 is 11.8 Å². The molecule has 1 aliphatic carbocycles. The first-order valence-corrected chi connectivity index (χ1v) is 8.69. The molecule has 27 heavy (non-hydrogen) atoms. The summed E-state index contributed by atoms with van der Waals surface area (Å²) in [5, 5.41) is 7.93. The van der Waals surface area contributed by atoms with E-state index >= 15 is 0 Å². The fraction of sp³-hybridized carbons (Fsp3) is 0.250. The molecule has 2 aromatic rings. The second-order valence-corrected chi connectivity index (χ2v) is 6.24. The van der Waals surface area contributed by atoms with E-state index in [2.05, 4.69) is 16.0 Å². The summed E-state index contributed by atoms with van der Waals surface area (Å²) in [6.45, 7) is 0.153. The zero-order valence-corrected chi connectivity index (χ0v) is 15.0. The molecule has 0 radical (unpaired) electrons. The third kappa shape index (κ3) is 4.84. The van der Waals surface area contributed by atoms with Crippen LogP contribution in [0.3, 0.4) is 0 Å². The Labute approximate surface area is 157 Å². The van der Waals surface area contributed by atoms with Crippen molar-refractivity contribution < 1.29 is 19.1 Å². The van der Waals surface area contributed by atoms with Crippen LogP contribution < -0.4 is 20.7 Å². The van der Waals surface area contributed by atoms with Crippen LogP contribution in [-0.4, -0.2) is 30.9 Å². The lowest BCUT2D eigenvalue weighted by molar-refractivity contribution is -0.136. The highest BCUT2D eigenvalue weighted by atomic mass is 16.5. The molecule has 1 saturated carbocycles. The molecule has 3 N–H and O–H groups in total. The lowest BCUT2D eigenvalue weighted by atomic mass is 10.1. The van der Waals surface area contributed by atoms with Crippen LogP contribution in [0.25, 0.3) is 0 Å². The Morgan fingerprint density at radius 1 is 1.00 bits per heavy atom. The molecule has 0 aromatic heterocycles. The second-order valence-electron chi connectivity index (χ2n) is 6.24. The van der Waals surface area contributed by atoms with Crippen molar-refractivity contribution in [2.75, 3.05) is 12.4 Å². The van der Waals surface area contributed by atoms with E-state index in [9.17, 15) is 14.4 Å². The fourth-order valence-electron chi connectivity index (χ4n) is 2.56. The van der Waals surface area contributed by atoms with E-state index in [1.807, 2.05) is 12.1 Å². The molecule has 2 aromatic carbocycles. The van der Waals surface area contributed by atoms with E-state index in [1.54, 1.807) is 36.4 Å². The number of rotatable bonds is 6. The Hall–Kier alpha value is -3.35. The zero-order chi connectivity index (χ0) is 19.2. The van der Waals surface area contributed by atoms with Gasteiger partial charge in [-0.1, -0.05) is 30.3 Å². The van der Waals surface area contributed by atoms with Crippen molar-refractivity contribution in [2.45, 2.75) is 25.4 Å². The molecule has 0 bridgehead atoms. The standard InChI is InChI=1S/C20H21N3O4/c1-27-17-9-5-2-6-13(17)12-21-19(25)20(26)23-16-8-4-3-7-15(16)18(24)22-14-10-11-14/h2-9,14H,10-12H2,1H3,(H,21,25)(H,22,24)(H,23,26). The molecule has 3 amide bonds. The maximum absolute atomic E-state index is 12.3. The summed E-state index contributed by atoms with van der Waals surface area (Å²) in [5.74, 6) is -1.27. The molecule has 1 fully saturated rings. The van der Waals surface area contributed by atoms with Gasteiger partial charge in [0, 0.05) is 18.2 Å². The highest BCUT2D eigenvalue weighted by molar-refractivity contribution is 6.40. The molecule has 1 aliphatic rings. The SMILES string of the molecule is COc1ccccc1CNC(=O)C(=O)Nc1ccccc1C(=O)NC1CC1. The number of anilines is 1. The number of carbonyl (C=O) groups excluding carboxylic acids is 3. The van der Waals surface area contributed by atoms with Crippen LogP contribution >= 0.6 is 0 Å². The lowest BCUT2D eigenvalue weighted by Gasteiger charge is -2.12. The summed E-state index contributed by atoms with van der Waals surface area (Å²) in [7, 11) is 1.54. The first-order chi connectivity index (χ1) is 13.1. The van der Waals surface area contributed by atoms with Gasteiger partial charge in [0.15, 0.2) is 0 Å². The van der Waals surface area contributed by atoms with Gasteiger partial charge in [0.2, 0.25) is 0 Å². The van der Waals surface area contributed by atoms with Crippen LogP contribution in [-0.2, 0) is 16.1 Å². The summed E-state index contributed by atoms with van der Waals surface area (Å²) >= 11 is 0. The Kier molecular flexibility index (Phi) is 5.71. The monoisotopic (exact) mass is 367 g/mol. The number of para-hydroxylation sites is 2. The summed E-state index contributed by atoms with van der Waals surface area (Å²) < 4.78 is 5.22. The van der Waals surface area contributed by atoms with Gasteiger partial charge in [0.1, 0.15) is 5.75 Å². The molecule has 0 saturated heterocycles. The molecule has 0 spiro atoms. The Morgan fingerprint density at radius 2 is 1.70 bits per heavy atom. The van der Waals surface area contributed by atoms with Gasteiger partial charge in [0.05, 0.1) is 18.4 Å². The summed E-state index contributed by atoms with van der Waals surface area (Å²) in [4.78, 5) is 36.6.